The average molecular weight is 247 g/mol. The maximum absolute atomic E-state index is 13.7. The first-order valence-electron chi connectivity index (χ1n) is 5.09. The predicted molar refractivity (Wildman–Crippen MR) is 63.8 cm³/mol. The summed E-state index contributed by atoms with van der Waals surface area (Å²) in [4.78, 5) is 0. The Bertz CT molecular complexity index is 343. The van der Waals surface area contributed by atoms with E-state index in [4.69, 9.17) is 4.74 Å². The van der Waals surface area contributed by atoms with Gasteiger partial charge in [0.2, 0.25) is 0 Å². The van der Waals surface area contributed by atoms with Crippen LogP contribution in [0, 0.1) is 5.82 Å². The third kappa shape index (κ3) is 2.84. The first-order chi connectivity index (χ1) is 7.31. The molecule has 2 N–H and O–H groups in total. The fraction of sp³-hybridized carbons (Fsp3) is 0.455. The molecular formula is C11H16ClFN2O. The minimum Gasteiger partial charge on any atom is -0.497 e. The number of piperazine rings is 1. The molecule has 0 unspecified atom stereocenters. The van der Waals surface area contributed by atoms with Crippen molar-refractivity contribution < 1.29 is 9.13 Å². The third-order valence-corrected chi connectivity index (χ3v) is 2.62. The van der Waals surface area contributed by atoms with Gasteiger partial charge in [0, 0.05) is 37.3 Å². The summed E-state index contributed by atoms with van der Waals surface area (Å²) < 4.78 is 18.6. The number of halogens is 2. The zero-order valence-corrected chi connectivity index (χ0v) is 9.94. The summed E-state index contributed by atoms with van der Waals surface area (Å²) in [6.45, 7) is 2.58. The molecule has 16 heavy (non-hydrogen) atoms. The van der Waals surface area contributed by atoms with Gasteiger partial charge in [-0.2, -0.15) is 0 Å². The van der Waals surface area contributed by atoms with Gasteiger partial charge in [-0.1, -0.05) is 6.07 Å². The van der Waals surface area contributed by atoms with E-state index in [1.165, 1.54) is 13.2 Å². The van der Waals surface area contributed by atoms with Gasteiger partial charge in [0.05, 0.1) is 7.11 Å². The largest absolute Gasteiger partial charge is 0.497 e. The Labute approximate surface area is 101 Å². The van der Waals surface area contributed by atoms with Gasteiger partial charge in [0.15, 0.2) is 0 Å². The number of hydrogen-bond donors (Lipinski definition) is 2. The standard InChI is InChI=1S/C11H15FN2O.ClH/c1-15-8-2-3-9(10(12)6-8)11-7-13-4-5-14-11;/h2-3,6,11,13-14H,4-5,7H2,1H3;1H/t11-;/m1./s1. The van der Waals surface area contributed by atoms with Crippen molar-refractivity contribution in [3.63, 3.8) is 0 Å². The van der Waals surface area contributed by atoms with Gasteiger partial charge < -0.3 is 15.4 Å². The Morgan fingerprint density at radius 1 is 1.38 bits per heavy atom. The first kappa shape index (κ1) is 13.2. The van der Waals surface area contributed by atoms with Crippen LogP contribution in [0.15, 0.2) is 18.2 Å². The Morgan fingerprint density at radius 3 is 2.75 bits per heavy atom. The Kier molecular flexibility index (Phi) is 4.99. The molecule has 1 saturated heterocycles. The molecule has 5 heteroatoms. The fourth-order valence-corrected chi connectivity index (χ4v) is 1.79. The van der Waals surface area contributed by atoms with Crippen LogP contribution in [0.3, 0.4) is 0 Å². The van der Waals surface area contributed by atoms with E-state index in [0.29, 0.717) is 11.3 Å². The molecule has 1 heterocycles. The molecule has 1 atom stereocenters. The summed E-state index contributed by atoms with van der Waals surface area (Å²) in [5, 5.41) is 6.50. The van der Waals surface area contributed by atoms with Gasteiger partial charge >= 0.3 is 0 Å². The monoisotopic (exact) mass is 246 g/mol. The molecule has 0 amide bonds. The highest BCUT2D eigenvalue weighted by molar-refractivity contribution is 5.85. The zero-order valence-electron chi connectivity index (χ0n) is 9.13. The van der Waals surface area contributed by atoms with Crippen molar-refractivity contribution in [1.29, 1.82) is 0 Å². The van der Waals surface area contributed by atoms with E-state index in [-0.39, 0.29) is 24.3 Å². The maximum atomic E-state index is 13.7. The van der Waals surface area contributed by atoms with E-state index in [0.717, 1.165) is 19.6 Å². The van der Waals surface area contributed by atoms with E-state index in [2.05, 4.69) is 10.6 Å². The molecule has 0 radical (unpaired) electrons. The number of benzene rings is 1. The van der Waals surface area contributed by atoms with E-state index in [9.17, 15) is 4.39 Å². The van der Waals surface area contributed by atoms with Crippen LogP contribution in [-0.4, -0.2) is 26.7 Å². The quantitative estimate of drug-likeness (QED) is 0.830. The van der Waals surface area contributed by atoms with Crippen molar-refractivity contribution in [2.24, 2.45) is 0 Å². The van der Waals surface area contributed by atoms with Crippen LogP contribution in [0.25, 0.3) is 0 Å². The molecule has 2 rings (SSSR count). The smallest absolute Gasteiger partial charge is 0.131 e. The molecule has 0 saturated carbocycles. The van der Waals surface area contributed by atoms with Crippen molar-refractivity contribution in [3.05, 3.63) is 29.6 Å². The summed E-state index contributed by atoms with van der Waals surface area (Å²) >= 11 is 0. The van der Waals surface area contributed by atoms with Crippen molar-refractivity contribution in [2.75, 3.05) is 26.7 Å². The minimum atomic E-state index is -0.212. The molecule has 1 aliphatic rings. The summed E-state index contributed by atoms with van der Waals surface area (Å²) in [6.07, 6.45) is 0. The predicted octanol–water partition coefficient (Wildman–Crippen LogP) is 1.49. The Hall–Kier alpha value is -0.840. The highest BCUT2D eigenvalue weighted by Crippen LogP contribution is 2.22. The molecule has 0 bridgehead atoms. The molecule has 0 spiro atoms. The normalized spacial score (nSPS) is 20.0. The second kappa shape index (κ2) is 6.03. The number of methoxy groups -OCH3 is 1. The topological polar surface area (TPSA) is 33.3 Å². The fourth-order valence-electron chi connectivity index (χ4n) is 1.79. The lowest BCUT2D eigenvalue weighted by atomic mass is 10.0. The highest BCUT2D eigenvalue weighted by atomic mass is 35.5. The van der Waals surface area contributed by atoms with E-state index in [1.54, 1.807) is 12.1 Å². The van der Waals surface area contributed by atoms with Gasteiger partial charge in [-0.25, -0.2) is 4.39 Å². The number of hydrogen-bond acceptors (Lipinski definition) is 3. The van der Waals surface area contributed by atoms with Crippen LogP contribution in [0.5, 0.6) is 5.75 Å². The van der Waals surface area contributed by atoms with E-state index in [1.807, 2.05) is 0 Å². The first-order valence-corrected chi connectivity index (χ1v) is 5.09. The molecule has 1 fully saturated rings. The number of rotatable bonds is 2. The van der Waals surface area contributed by atoms with Crippen LogP contribution < -0.4 is 15.4 Å². The summed E-state index contributed by atoms with van der Waals surface area (Å²) in [6, 6.07) is 5.05. The van der Waals surface area contributed by atoms with Gasteiger partial charge in [-0.3, -0.25) is 0 Å². The van der Waals surface area contributed by atoms with Gasteiger partial charge in [0.25, 0.3) is 0 Å². The number of ether oxygens (including phenoxy) is 1. The SMILES string of the molecule is COc1ccc([C@H]2CNCCN2)c(F)c1.Cl. The second-order valence-electron chi connectivity index (χ2n) is 3.60. The van der Waals surface area contributed by atoms with Crippen molar-refractivity contribution in [3.8, 4) is 5.75 Å². The Balaban J connectivity index is 0.00000128. The van der Waals surface area contributed by atoms with Crippen molar-refractivity contribution in [1.82, 2.24) is 10.6 Å². The van der Waals surface area contributed by atoms with Crippen LogP contribution in [0.2, 0.25) is 0 Å². The average Bonchev–Trinajstić information content (AvgIpc) is 2.30. The zero-order chi connectivity index (χ0) is 10.7. The molecular weight excluding hydrogens is 231 g/mol. The molecule has 0 aromatic heterocycles. The molecule has 1 aromatic carbocycles. The van der Waals surface area contributed by atoms with Gasteiger partial charge in [-0.15, -0.1) is 12.4 Å². The highest BCUT2D eigenvalue weighted by Gasteiger charge is 2.17. The van der Waals surface area contributed by atoms with Gasteiger partial charge in [0.1, 0.15) is 11.6 Å². The lowest BCUT2D eigenvalue weighted by molar-refractivity contribution is 0.401. The minimum absolute atomic E-state index is 0. The van der Waals surface area contributed by atoms with Crippen LogP contribution >= 0.6 is 12.4 Å². The van der Waals surface area contributed by atoms with Crippen molar-refractivity contribution in [2.45, 2.75) is 6.04 Å². The van der Waals surface area contributed by atoms with E-state index >= 15 is 0 Å². The maximum Gasteiger partial charge on any atom is 0.131 e. The van der Waals surface area contributed by atoms with Gasteiger partial charge in [-0.05, 0) is 6.07 Å². The lowest BCUT2D eigenvalue weighted by Crippen LogP contribution is -2.42. The molecule has 1 aliphatic heterocycles. The molecule has 90 valence electrons. The second-order valence-corrected chi connectivity index (χ2v) is 3.60. The summed E-state index contributed by atoms with van der Waals surface area (Å²) in [5.41, 5.74) is 0.697. The molecule has 0 aliphatic carbocycles. The van der Waals surface area contributed by atoms with Crippen LogP contribution in [0.1, 0.15) is 11.6 Å². The van der Waals surface area contributed by atoms with Crippen LogP contribution in [0.4, 0.5) is 4.39 Å². The van der Waals surface area contributed by atoms with E-state index < -0.39 is 0 Å². The van der Waals surface area contributed by atoms with Crippen LogP contribution in [-0.2, 0) is 0 Å². The van der Waals surface area contributed by atoms with Crippen molar-refractivity contribution >= 4 is 12.4 Å². The summed E-state index contributed by atoms with van der Waals surface area (Å²) in [7, 11) is 1.54. The molecule has 3 nitrogen and oxygen atoms in total. The Morgan fingerprint density at radius 2 is 2.19 bits per heavy atom. The molecule has 1 aromatic rings. The number of nitrogens with one attached hydrogen (secondary N) is 2. The third-order valence-electron chi connectivity index (χ3n) is 2.62. The lowest BCUT2D eigenvalue weighted by Gasteiger charge is -2.25. The summed E-state index contributed by atoms with van der Waals surface area (Å²) in [5.74, 6) is 0.343.